The lowest BCUT2D eigenvalue weighted by molar-refractivity contribution is -0.116. The number of nitrogens with one attached hydrogen (secondary N) is 1. The highest BCUT2D eigenvalue weighted by Crippen LogP contribution is 2.17. The van der Waals surface area contributed by atoms with E-state index in [0.29, 0.717) is 18.0 Å². The van der Waals surface area contributed by atoms with Crippen molar-refractivity contribution < 1.29 is 9.18 Å². The monoisotopic (exact) mass is 347 g/mol. The summed E-state index contributed by atoms with van der Waals surface area (Å²) in [7, 11) is 0. The molecular weight excluding hydrogens is 333 g/mol. The van der Waals surface area contributed by atoms with Crippen molar-refractivity contribution >= 4 is 28.4 Å². The van der Waals surface area contributed by atoms with Crippen molar-refractivity contribution in [2.24, 2.45) is 0 Å². The lowest BCUT2D eigenvalue weighted by Gasteiger charge is -2.02. The van der Waals surface area contributed by atoms with E-state index in [2.05, 4.69) is 20.6 Å². The summed E-state index contributed by atoms with van der Waals surface area (Å²) >= 11 is 0. The summed E-state index contributed by atoms with van der Waals surface area (Å²) in [6.07, 6.45) is 4.66. The van der Waals surface area contributed by atoms with Crippen LogP contribution in [0, 0.1) is 5.82 Å². The molecule has 4 aromatic rings. The third-order valence-corrected chi connectivity index (χ3v) is 3.94. The van der Waals surface area contributed by atoms with Gasteiger partial charge in [0.25, 0.3) is 0 Å². The molecule has 0 saturated heterocycles. The fourth-order valence-electron chi connectivity index (χ4n) is 2.61. The molecule has 0 saturated carbocycles. The minimum atomic E-state index is -0.307. The molecule has 0 bridgehead atoms. The number of benzene rings is 2. The zero-order valence-electron chi connectivity index (χ0n) is 13.6. The molecule has 1 N–H and O–H groups in total. The lowest BCUT2D eigenvalue weighted by Crippen LogP contribution is -2.20. The van der Waals surface area contributed by atoms with E-state index in [1.807, 2.05) is 24.3 Å². The van der Waals surface area contributed by atoms with E-state index < -0.39 is 0 Å². The van der Waals surface area contributed by atoms with Gasteiger partial charge in [-0.2, -0.15) is 9.61 Å². The van der Waals surface area contributed by atoms with Crippen LogP contribution < -0.4 is 5.32 Å². The van der Waals surface area contributed by atoms with Crippen LogP contribution in [-0.2, 0) is 11.3 Å². The average Bonchev–Trinajstić information content (AvgIpc) is 3.09. The first kappa shape index (κ1) is 15.9. The summed E-state index contributed by atoms with van der Waals surface area (Å²) in [4.78, 5) is 12.0. The molecule has 1 amide bonds. The number of fused-ring (bicyclic) bond motifs is 3. The predicted molar refractivity (Wildman–Crippen MR) is 95.6 cm³/mol. The Bertz CT molecular complexity index is 1120. The van der Waals surface area contributed by atoms with Crippen LogP contribution in [0.2, 0.25) is 0 Å². The number of halogens is 1. The van der Waals surface area contributed by atoms with Gasteiger partial charge < -0.3 is 5.32 Å². The topological polar surface area (TPSA) is 72.2 Å². The standard InChI is InChI=1S/C19H14FN5O/c20-15-7-5-13(6-8-15)11-21-18(26)10-9-17-23-24-19-16-4-2-1-3-14(16)12-22-25(17)19/h1-10,12H,11H2,(H,21,26)/b10-9+. The lowest BCUT2D eigenvalue weighted by atomic mass is 10.2. The van der Waals surface area contributed by atoms with Crippen LogP contribution in [0.1, 0.15) is 11.4 Å². The van der Waals surface area contributed by atoms with E-state index in [1.54, 1.807) is 28.9 Å². The molecule has 0 atom stereocenters. The van der Waals surface area contributed by atoms with Gasteiger partial charge in [0.05, 0.1) is 6.20 Å². The Morgan fingerprint density at radius 2 is 1.92 bits per heavy atom. The van der Waals surface area contributed by atoms with Gasteiger partial charge in [0, 0.05) is 23.4 Å². The second kappa shape index (κ2) is 6.72. The highest BCUT2D eigenvalue weighted by Gasteiger charge is 2.08. The van der Waals surface area contributed by atoms with Gasteiger partial charge in [-0.15, -0.1) is 10.2 Å². The largest absolute Gasteiger partial charge is 0.348 e. The predicted octanol–water partition coefficient (Wildman–Crippen LogP) is 2.75. The first-order valence-electron chi connectivity index (χ1n) is 8.00. The molecule has 0 spiro atoms. The first-order valence-corrected chi connectivity index (χ1v) is 8.00. The highest BCUT2D eigenvalue weighted by molar-refractivity contribution is 5.94. The first-order chi connectivity index (χ1) is 12.7. The van der Waals surface area contributed by atoms with Crippen LogP contribution in [0.25, 0.3) is 22.5 Å². The van der Waals surface area contributed by atoms with Gasteiger partial charge in [0.1, 0.15) is 5.82 Å². The third kappa shape index (κ3) is 3.14. The van der Waals surface area contributed by atoms with Gasteiger partial charge >= 0.3 is 0 Å². The van der Waals surface area contributed by atoms with E-state index in [4.69, 9.17) is 0 Å². The van der Waals surface area contributed by atoms with Crippen molar-refractivity contribution in [3.8, 4) is 0 Å². The zero-order valence-corrected chi connectivity index (χ0v) is 13.6. The van der Waals surface area contributed by atoms with Crippen LogP contribution in [0.5, 0.6) is 0 Å². The summed E-state index contributed by atoms with van der Waals surface area (Å²) in [5.41, 5.74) is 1.45. The fraction of sp³-hybridized carbons (Fsp3) is 0.0526. The Labute approximate surface area is 148 Å². The number of carbonyl (C=O) groups excluding carboxylic acids is 1. The molecule has 0 aliphatic rings. The molecule has 0 fully saturated rings. The molecule has 7 heteroatoms. The van der Waals surface area contributed by atoms with Crippen LogP contribution >= 0.6 is 0 Å². The molecule has 0 aliphatic carbocycles. The summed E-state index contributed by atoms with van der Waals surface area (Å²) in [5.74, 6) is -0.131. The van der Waals surface area contributed by atoms with Crippen molar-refractivity contribution in [2.45, 2.75) is 6.54 Å². The van der Waals surface area contributed by atoms with Crippen molar-refractivity contribution in [1.82, 2.24) is 25.1 Å². The Morgan fingerprint density at radius 3 is 2.77 bits per heavy atom. The quantitative estimate of drug-likeness (QED) is 0.576. The molecule has 128 valence electrons. The molecule has 0 radical (unpaired) electrons. The van der Waals surface area contributed by atoms with Crippen LogP contribution in [0.4, 0.5) is 4.39 Å². The number of hydrogen-bond acceptors (Lipinski definition) is 4. The smallest absolute Gasteiger partial charge is 0.244 e. The number of hydrogen-bond donors (Lipinski definition) is 1. The van der Waals surface area contributed by atoms with Gasteiger partial charge in [-0.05, 0) is 23.8 Å². The maximum atomic E-state index is 12.9. The van der Waals surface area contributed by atoms with Crippen LogP contribution in [0.15, 0.2) is 60.8 Å². The van der Waals surface area contributed by atoms with Crippen LogP contribution in [0.3, 0.4) is 0 Å². The Kier molecular flexibility index (Phi) is 4.10. The molecule has 4 rings (SSSR count). The second-order valence-corrected chi connectivity index (χ2v) is 5.70. The summed E-state index contributed by atoms with van der Waals surface area (Å²) in [5, 5.41) is 17.2. The van der Waals surface area contributed by atoms with E-state index in [1.165, 1.54) is 18.2 Å². The summed E-state index contributed by atoms with van der Waals surface area (Å²) in [6, 6.07) is 13.7. The normalized spacial score (nSPS) is 11.4. The Balaban J connectivity index is 1.50. The van der Waals surface area contributed by atoms with Crippen molar-refractivity contribution in [3.63, 3.8) is 0 Å². The van der Waals surface area contributed by atoms with Crippen LogP contribution in [-0.4, -0.2) is 25.7 Å². The van der Waals surface area contributed by atoms with Gasteiger partial charge in [0.15, 0.2) is 11.5 Å². The minimum Gasteiger partial charge on any atom is -0.348 e. The van der Waals surface area contributed by atoms with E-state index >= 15 is 0 Å². The minimum absolute atomic E-state index is 0.285. The maximum absolute atomic E-state index is 12.9. The molecule has 6 nitrogen and oxygen atoms in total. The number of nitrogens with zero attached hydrogens (tertiary/aromatic N) is 4. The Morgan fingerprint density at radius 1 is 1.12 bits per heavy atom. The van der Waals surface area contributed by atoms with Gasteiger partial charge in [-0.1, -0.05) is 36.4 Å². The van der Waals surface area contributed by atoms with Crippen molar-refractivity contribution in [3.05, 3.63) is 78.0 Å². The molecule has 2 aromatic heterocycles. The summed E-state index contributed by atoms with van der Waals surface area (Å²) < 4.78 is 14.5. The van der Waals surface area contributed by atoms with E-state index in [-0.39, 0.29) is 11.7 Å². The molecule has 0 unspecified atom stereocenters. The highest BCUT2D eigenvalue weighted by atomic mass is 19.1. The van der Waals surface area contributed by atoms with Gasteiger partial charge in [-0.3, -0.25) is 4.79 Å². The fourth-order valence-corrected chi connectivity index (χ4v) is 2.61. The second-order valence-electron chi connectivity index (χ2n) is 5.70. The zero-order chi connectivity index (χ0) is 17.9. The Hall–Kier alpha value is -3.61. The molecule has 2 heterocycles. The maximum Gasteiger partial charge on any atom is 0.244 e. The SMILES string of the molecule is O=C(/C=C/c1nnc2c3ccccc3cnn12)NCc1ccc(F)cc1. The van der Waals surface area contributed by atoms with Crippen molar-refractivity contribution in [2.75, 3.05) is 0 Å². The van der Waals surface area contributed by atoms with E-state index in [0.717, 1.165) is 16.3 Å². The van der Waals surface area contributed by atoms with Crippen molar-refractivity contribution in [1.29, 1.82) is 0 Å². The number of rotatable bonds is 4. The number of amides is 1. The number of aromatic nitrogens is 4. The third-order valence-electron chi connectivity index (χ3n) is 3.94. The number of carbonyl (C=O) groups is 1. The molecule has 2 aromatic carbocycles. The molecule has 26 heavy (non-hydrogen) atoms. The summed E-state index contributed by atoms with van der Waals surface area (Å²) in [6.45, 7) is 0.312. The molecule has 0 aliphatic heterocycles. The average molecular weight is 347 g/mol. The van der Waals surface area contributed by atoms with E-state index in [9.17, 15) is 9.18 Å². The molecular formula is C19H14FN5O. The van der Waals surface area contributed by atoms with Gasteiger partial charge in [-0.25, -0.2) is 4.39 Å². The van der Waals surface area contributed by atoms with Gasteiger partial charge in [0.2, 0.25) is 5.91 Å².